The second kappa shape index (κ2) is 3.82. The molecule has 0 amide bonds. The van der Waals surface area contributed by atoms with Crippen LogP contribution in [0.4, 0.5) is 0 Å². The SMILES string of the molecule is COCC1CNCOC1. The summed E-state index contributed by atoms with van der Waals surface area (Å²) in [6, 6.07) is 0. The third-order valence-corrected chi connectivity index (χ3v) is 1.39. The normalized spacial score (nSPS) is 28.3. The minimum absolute atomic E-state index is 0.545. The van der Waals surface area contributed by atoms with Crippen LogP contribution in [0, 0.1) is 5.92 Å². The molecule has 0 radical (unpaired) electrons. The minimum Gasteiger partial charge on any atom is -0.384 e. The van der Waals surface area contributed by atoms with Gasteiger partial charge >= 0.3 is 0 Å². The van der Waals surface area contributed by atoms with Gasteiger partial charge in [-0.1, -0.05) is 0 Å². The van der Waals surface area contributed by atoms with Gasteiger partial charge in [-0.05, 0) is 0 Å². The van der Waals surface area contributed by atoms with Gasteiger partial charge in [-0.2, -0.15) is 0 Å². The van der Waals surface area contributed by atoms with Crippen molar-refractivity contribution < 1.29 is 9.47 Å². The molecule has 1 unspecified atom stereocenters. The molecule has 1 fully saturated rings. The Morgan fingerprint density at radius 1 is 1.78 bits per heavy atom. The average Bonchev–Trinajstić information content (AvgIpc) is 1.91. The third-order valence-electron chi connectivity index (χ3n) is 1.39. The molecule has 1 heterocycles. The predicted octanol–water partition coefficient (Wildman–Crippen LogP) is -0.174. The molecule has 0 aromatic carbocycles. The van der Waals surface area contributed by atoms with Crippen LogP contribution in [0.3, 0.4) is 0 Å². The highest BCUT2D eigenvalue weighted by Crippen LogP contribution is 1.99. The van der Waals surface area contributed by atoms with Crippen LogP contribution in [0.1, 0.15) is 0 Å². The van der Waals surface area contributed by atoms with Crippen molar-refractivity contribution in [2.45, 2.75) is 0 Å². The van der Waals surface area contributed by atoms with E-state index in [2.05, 4.69) is 5.32 Å². The van der Waals surface area contributed by atoms with Crippen LogP contribution in [0.2, 0.25) is 0 Å². The molecule has 0 spiro atoms. The number of hydrogen-bond donors (Lipinski definition) is 1. The zero-order valence-electron chi connectivity index (χ0n) is 5.72. The highest BCUT2D eigenvalue weighted by atomic mass is 16.5. The molecule has 0 saturated carbocycles. The molecule has 9 heavy (non-hydrogen) atoms. The van der Waals surface area contributed by atoms with Crippen molar-refractivity contribution >= 4 is 0 Å². The van der Waals surface area contributed by atoms with Crippen molar-refractivity contribution in [2.24, 2.45) is 5.92 Å². The van der Waals surface area contributed by atoms with E-state index in [4.69, 9.17) is 9.47 Å². The van der Waals surface area contributed by atoms with Crippen LogP contribution in [0.15, 0.2) is 0 Å². The van der Waals surface area contributed by atoms with E-state index in [1.54, 1.807) is 7.11 Å². The molecule has 0 aromatic heterocycles. The van der Waals surface area contributed by atoms with Crippen molar-refractivity contribution in [3.8, 4) is 0 Å². The summed E-state index contributed by atoms with van der Waals surface area (Å²) >= 11 is 0. The number of methoxy groups -OCH3 is 1. The molecule has 1 rings (SSSR count). The van der Waals surface area contributed by atoms with Gasteiger partial charge in [-0.25, -0.2) is 0 Å². The number of nitrogens with one attached hydrogen (secondary N) is 1. The Balaban J connectivity index is 2.08. The highest BCUT2D eigenvalue weighted by molar-refractivity contribution is 4.62. The number of ether oxygens (including phenoxy) is 2. The lowest BCUT2D eigenvalue weighted by Crippen LogP contribution is -2.36. The summed E-state index contributed by atoms with van der Waals surface area (Å²) in [6.07, 6.45) is 0. The Morgan fingerprint density at radius 3 is 3.22 bits per heavy atom. The first kappa shape index (κ1) is 6.99. The summed E-state index contributed by atoms with van der Waals surface area (Å²) < 4.78 is 10.1. The fraction of sp³-hybridized carbons (Fsp3) is 1.00. The number of hydrogen-bond acceptors (Lipinski definition) is 3. The van der Waals surface area contributed by atoms with Crippen LogP contribution >= 0.6 is 0 Å². The lowest BCUT2D eigenvalue weighted by molar-refractivity contribution is 0.0139. The summed E-state index contributed by atoms with van der Waals surface area (Å²) in [6.45, 7) is 3.35. The van der Waals surface area contributed by atoms with Gasteiger partial charge in [0.2, 0.25) is 0 Å². The molecule has 1 saturated heterocycles. The van der Waals surface area contributed by atoms with Crippen LogP contribution in [0.5, 0.6) is 0 Å². The second-order valence-corrected chi connectivity index (χ2v) is 2.29. The summed E-state index contributed by atoms with van der Waals surface area (Å²) in [4.78, 5) is 0. The largest absolute Gasteiger partial charge is 0.384 e. The standard InChI is InChI=1S/C6H13NO2/c1-8-3-6-2-7-5-9-4-6/h6-7H,2-5H2,1H3. The van der Waals surface area contributed by atoms with Gasteiger partial charge in [0.05, 0.1) is 19.9 Å². The zero-order chi connectivity index (χ0) is 6.53. The molecular weight excluding hydrogens is 118 g/mol. The summed E-state index contributed by atoms with van der Waals surface area (Å²) in [5.74, 6) is 0.545. The molecule has 3 heteroatoms. The molecular formula is C6H13NO2. The molecule has 1 aliphatic heterocycles. The monoisotopic (exact) mass is 131 g/mol. The van der Waals surface area contributed by atoms with Crippen molar-refractivity contribution in [3.05, 3.63) is 0 Å². The van der Waals surface area contributed by atoms with Crippen molar-refractivity contribution in [1.29, 1.82) is 0 Å². The van der Waals surface area contributed by atoms with Gasteiger partial charge in [0, 0.05) is 19.6 Å². The van der Waals surface area contributed by atoms with Crippen LogP contribution in [-0.2, 0) is 9.47 Å². The Hall–Kier alpha value is -0.120. The number of rotatable bonds is 2. The van der Waals surface area contributed by atoms with Gasteiger partial charge in [0.15, 0.2) is 0 Å². The minimum atomic E-state index is 0.545. The Kier molecular flexibility index (Phi) is 2.97. The van der Waals surface area contributed by atoms with E-state index >= 15 is 0 Å². The molecule has 3 nitrogen and oxygen atoms in total. The van der Waals surface area contributed by atoms with Gasteiger partial charge in [-0.15, -0.1) is 0 Å². The molecule has 1 N–H and O–H groups in total. The van der Waals surface area contributed by atoms with E-state index in [0.29, 0.717) is 12.6 Å². The van der Waals surface area contributed by atoms with Crippen LogP contribution < -0.4 is 5.32 Å². The first-order chi connectivity index (χ1) is 4.43. The lowest BCUT2D eigenvalue weighted by atomic mass is 10.1. The Morgan fingerprint density at radius 2 is 2.67 bits per heavy atom. The van der Waals surface area contributed by atoms with Gasteiger partial charge in [0.25, 0.3) is 0 Å². The molecule has 0 aliphatic carbocycles. The van der Waals surface area contributed by atoms with E-state index in [9.17, 15) is 0 Å². The lowest BCUT2D eigenvalue weighted by Gasteiger charge is -2.21. The fourth-order valence-electron chi connectivity index (χ4n) is 0.962. The fourth-order valence-corrected chi connectivity index (χ4v) is 0.962. The molecule has 0 aromatic rings. The second-order valence-electron chi connectivity index (χ2n) is 2.29. The topological polar surface area (TPSA) is 30.5 Å². The van der Waals surface area contributed by atoms with E-state index in [0.717, 1.165) is 19.8 Å². The summed E-state index contributed by atoms with van der Waals surface area (Å²) in [5.41, 5.74) is 0. The maximum Gasteiger partial charge on any atom is 0.0965 e. The van der Waals surface area contributed by atoms with E-state index < -0.39 is 0 Å². The first-order valence-corrected chi connectivity index (χ1v) is 3.21. The summed E-state index contributed by atoms with van der Waals surface area (Å²) in [7, 11) is 1.72. The third kappa shape index (κ3) is 2.30. The van der Waals surface area contributed by atoms with Gasteiger partial charge in [0.1, 0.15) is 0 Å². The van der Waals surface area contributed by atoms with Crippen molar-refractivity contribution in [2.75, 3.05) is 33.6 Å². The quantitative estimate of drug-likeness (QED) is 0.564. The average molecular weight is 131 g/mol. The maximum atomic E-state index is 5.14. The Bertz CT molecular complexity index is 68.7. The van der Waals surface area contributed by atoms with Crippen molar-refractivity contribution in [1.82, 2.24) is 5.32 Å². The van der Waals surface area contributed by atoms with Crippen molar-refractivity contribution in [3.63, 3.8) is 0 Å². The Labute approximate surface area is 55.3 Å². The predicted molar refractivity (Wildman–Crippen MR) is 34.2 cm³/mol. The van der Waals surface area contributed by atoms with Gasteiger partial charge in [-0.3, -0.25) is 5.32 Å². The molecule has 0 bridgehead atoms. The van der Waals surface area contributed by atoms with E-state index in [-0.39, 0.29) is 0 Å². The van der Waals surface area contributed by atoms with Gasteiger partial charge < -0.3 is 9.47 Å². The van der Waals surface area contributed by atoms with Crippen LogP contribution in [0.25, 0.3) is 0 Å². The molecule has 54 valence electrons. The van der Waals surface area contributed by atoms with E-state index in [1.807, 2.05) is 0 Å². The zero-order valence-corrected chi connectivity index (χ0v) is 5.72. The van der Waals surface area contributed by atoms with E-state index in [1.165, 1.54) is 0 Å². The molecule has 1 atom stereocenters. The first-order valence-electron chi connectivity index (χ1n) is 3.21. The highest BCUT2D eigenvalue weighted by Gasteiger charge is 2.11. The summed E-state index contributed by atoms with van der Waals surface area (Å²) in [5, 5.41) is 3.12. The van der Waals surface area contributed by atoms with Crippen LogP contribution in [-0.4, -0.2) is 33.6 Å². The smallest absolute Gasteiger partial charge is 0.0965 e. The maximum absolute atomic E-state index is 5.14. The molecule has 1 aliphatic rings.